The number of rotatable bonds is 7. The molecule has 8 heteroatoms. The predicted octanol–water partition coefficient (Wildman–Crippen LogP) is 1.13. The smallest absolute Gasteiger partial charge is 0.337 e. The van der Waals surface area contributed by atoms with Crippen LogP contribution >= 0.6 is 11.8 Å². The lowest BCUT2D eigenvalue weighted by atomic mass is 9.90. The Balaban J connectivity index is 2.66. The Hall–Kier alpha value is -1.75. The van der Waals surface area contributed by atoms with Gasteiger partial charge in [0.2, 0.25) is 5.91 Å². The van der Waals surface area contributed by atoms with E-state index in [1.807, 2.05) is 20.8 Å². The molecule has 116 valence electrons. The highest BCUT2D eigenvalue weighted by Crippen LogP contribution is 2.17. The van der Waals surface area contributed by atoms with E-state index in [9.17, 15) is 14.9 Å². The first-order valence-corrected chi connectivity index (χ1v) is 7.82. The molecule has 1 atom stereocenters. The highest BCUT2D eigenvalue weighted by atomic mass is 32.2. The van der Waals surface area contributed by atoms with Crippen molar-refractivity contribution in [3.63, 3.8) is 0 Å². The first-order chi connectivity index (χ1) is 9.84. The first kappa shape index (κ1) is 17.3. The molecule has 21 heavy (non-hydrogen) atoms. The lowest BCUT2D eigenvalue weighted by Gasteiger charge is -2.27. The minimum atomic E-state index is -0.897. The molecule has 0 saturated heterocycles. The summed E-state index contributed by atoms with van der Waals surface area (Å²) in [6.45, 7) is 7.97. The summed E-state index contributed by atoms with van der Waals surface area (Å²) in [7, 11) is 0. The van der Waals surface area contributed by atoms with Crippen molar-refractivity contribution < 1.29 is 4.79 Å². The molecule has 0 aliphatic rings. The SMILES string of the molecule is CCCn1c(SCC(=O)N[C@@](C)(C#N)C(C)C)n[nH]c1=O. The summed E-state index contributed by atoms with van der Waals surface area (Å²) >= 11 is 1.18. The van der Waals surface area contributed by atoms with Crippen LogP contribution in [0.3, 0.4) is 0 Å². The Morgan fingerprint density at radius 2 is 2.29 bits per heavy atom. The van der Waals surface area contributed by atoms with Crippen molar-refractivity contribution in [3.05, 3.63) is 10.5 Å². The zero-order valence-corrected chi connectivity index (χ0v) is 13.6. The molecule has 7 nitrogen and oxygen atoms in total. The Morgan fingerprint density at radius 3 is 2.81 bits per heavy atom. The van der Waals surface area contributed by atoms with Crippen molar-refractivity contribution in [2.24, 2.45) is 5.92 Å². The van der Waals surface area contributed by atoms with Gasteiger partial charge in [0.15, 0.2) is 5.16 Å². The van der Waals surface area contributed by atoms with Crippen molar-refractivity contribution in [2.45, 2.75) is 51.4 Å². The van der Waals surface area contributed by atoms with E-state index < -0.39 is 5.54 Å². The number of amides is 1. The van der Waals surface area contributed by atoms with Gasteiger partial charge in [0, 0.05) is 6.54 Å². The van der Waals surface area contributed by atoms with Crippen LogP contribution in [0.2, 0.25) is 0 Å². The fourth-order valence-electron chi connectivity index (χ4n) is 1.59. The summed E-state index contributed by atoms with van der Waals surface area (Å²) in [6, 6.07) is 2.12. The third kappa shape index (κ3) is 4.36. The number of nitrogens with one attached hydrogen (secondary N) is 2. The van der Waals surface area contributed by atoms with Crippen LogP contribution in [0.1, 0.15) is 34.1 Å². The largest absolute Gasteiger partial charge is 0.343 e. The standard InChI is InChI=1S/C13H21N5O2S/c1-5-6-18-11(20)16-17-12(18)21-7-10(19)15-13(4,8-14)9(2)3/h9H,5-7H2,1-4H3,(H,15,19)(H,16,20)/t13-/m0/s1. The van der Waals surface area contributed by atoms with Gasteiger partial charge in [0.25, 0.3) is 0 Å². The molecule has 0 fully saturated rings. The van der Waals surface area contributed by atoms with Crippen LogP contribution < -0.4 is 11.0 Å². The van der Waals surface area contributed by atoms with Crippen molar-refractivity contribution in [1.82, 2.24) is 20.1 Å². The molecule has 0 bridgehead atoms. The molecule has 0 radical (unpaired) electrons. The highest BCUT2D eigenvalue weighted by Gasteiger charge is 2.29. The fraction of sp³-hybridized carbons (Fsp3) is 0.692. The maximum absolute atomic E-state index is 12.0. The molecular formula is C13H21N5O2S. The number of thioether (sulfide) groups is 1. The van der Waals surface area contributed by atoms with Crippen LogP contribution in [0.25, 0.3) is 0 Å². The minimum absolute atomic E-state index is 0.0000976. The van der Waals surface area contributed by atoms with Gasteiger partial charge in [-0.15, -0.1) is 5.10 Å². The van der Waals surface area contributed by atoms with Crippen molar-refractivity contribution in [3.8, 4) is 6.07 Å². The molecule has 0 unspecified atom stereocenters. The molecule has 1 aromatic heterocycles. The van der Waals surface area contributed by atoms with Gasteiger partial charge >= 0.3 is 5.69 Å². The van der Waals surface area contributed by atoms with E-state index in [1.54, 1.807) is 6.92 Å². The Morgan fingerprint density at radius 1 is 1.62 bits per heavy atom. The second-order valence-electron chi connectivity index (χ2n) is 5.27. The molecule has 0 aliphatic heterocycles. The fourth-order valence-corrected chi connectivity index (χ4v) is 2.36. The van der Waals surface area contributed by atoms with Crippen LogP contribution in [-0.2, 0) is 11.3 Å². The topological polar surface area (TPSA) is 104 Å². The van der Waals surface area contributed by atoms with Gasteiger partial charge in [0.1, 0.15) is 5.54 Å². The van der Waals surface area contributed by atoms with E-state index in [2.05, 4.69) is 21.6 Å². The van der Waals surface area contributed by atoms with E-state index in [0.717, 1.165) is 6.42 Å². The summed E-state index contributed by atoms with van der Waals surface area (Å²) in [6.07, 6.45) is 0.805. The number of aromatic amines is 1. The first-order valence-electron chi connectivity index (χ1n) is 6.84. The third-order valence-corrected chi connectivity index (χ3v) is 4.27. The number of carbonyl (C=O) groups is 1. The predicted molar refractivity (Wildman–Crippen MR) is 80.9 cm³/mol. The summed E-state index contributed by atoms with van der Waals surface area (Å²) in [5.41, 5.74) is -1.17. The zero-order chi connectivity index (χ0) is 16.0. The van der Waals surface area contributed by atoms with Crippen molar-refractivity contribution in [2.75, 3.05) is 5.75 Å². The summed E-state index contributed by atoms with van der Waals surface area (Å²) < 4.78 is 1.50. The number of H-pyrrole nitrogens is 1. The minimum Gasteiger partial charge on any atom is -0.337 e. The quantitative estimate of drug-likeness (QED) is 0.735. The summed E-state index contributed by atoms with van der Waals surface area (Å²) in [5, 5.41) is 18.7. The summed E-state index contributed by atoms with van der Waals surface area (Å²) in [5.74, 6) is -0.144. The van der Waals surface area contributed by atoms with Gasteiger partial charge in [0.05, 0.1) is 11.8 Å². The second-order valence-corrected chi connectivity index (χ2v) is 6.21. The lowest BCUT2D eigenvalue weighted by Crippen LogP contribution is -2.49. The average molecular weight is 311 g/mol. The Labute approximate surface area is 128 Å². The zero-order valence-electron chi connectivity index (χ0n) is 12.8. The molecule has 1 aromatic rings. The van der Waals surface area contributed by atoms with Gasteiger partial charge in [-0.25, -0.2) is 9.89 Å². The summed E-state index contributed by atoms with van der Waals surface area (Å²) in [4.78, 5) is 23.5. The Kier molecular flexibility index (Phi) is 6.03. The van der Waals surface area contributed by atoms with E-state index in [1.165, 1.54) is 16.3 Å². The normalized spacial score (nSPS) is 13.7. The maximum Gasteiger partial charge on any atom is 0.343 e. The molecule has 0 aliphatic carbocycles. The number of hydrogen-bond acceptors (Lipinski definition) is 5. The molecule has 2 N–H and O–H groups in total. The number of nitriles is 1. The van der Waals surface area contributed by atoms with Crippen molar-refractivity contribution in [1.29, 1.82) is 5.26 Å². The van der Waals surface area contributed by atoms with Crippen LogP contribution in [0.15, 0.2) is 9.95 Å². The van der Waals surface area contributed by atoms with Crippen LogP contribution in [0, 0.1) is 17.2 Å². The number of carbonyl (C=O) groups excluding carboxylic acids is 1. The number of aromatic nitrogens is 3. The van der Waals surface area contributed by atoms with Gasteiger partial charge in [-0.1, -0.05) is 32.5 Å². The Bertz CT molecular complexity index is 586. The number of nitrogens with zero attached hydrogens (tertiary/aromatic N) is 3. The van der Waals surface area contributed by atoms with E-state index in [4.69, 9.17) is 0 Å². The van der Waals surface area contributed by atoms with Gasteiger partial charge in [-0.2, -0.15) is 5.26 Å². The number of hydrogen-bond donors (Lipinski definition) is 2. The van der Waals surface area contributed by atoms with E-state index >= 15 is 0 Å². The van der Waals surface area contributed by atoms with E-state index in [0.29, 0.717) is 11.7 Å². The van der Waals surface area contributed by atoms with Crippen LogP contribution in [0.5, 0.6) is 0 Å². The van der Waals surface area contributed by atoms with Gasteiger partial charge in [-0.05, 0) is 19.3 Å². The molecular weight excluding hydrogens is 290 g/mol. The van der Waals surface area contributed by atoms with Crippen LogP contribution in [0.4, 0.5) is 0 Å². The van der Waals surface area contributed by atoms with Crippen molar-refractivity contribution >= 4 is 17.7 Å². The monoisotopic (exact) mass is 311 g/mol. The lowest BCUT2D eigenvalue weighted by molar-refractivity contribution is -0.120. The molecule has 0 aromatic carbocycles. The average Bonchev–Trinajstić information content (AvgIpc) is 2.78. The molecule has 1 rings (SSSR count). The third-order valence-electron chi connectivity index (χ3n) is 3.29. The van der Waals surface area contributed by atoms with E-state index in [-0.39, 0.29) is 23.3 Å². The molecule has 0 saturated carbocycles. The molecule has 0 spiro atoms. The highest BCUT2D eigenvalue weighted by molar-refractivity contribution is 7.99. The second kappa shape index (κ2) is 7.31. The molecule has 1 heterocycles. The maximum atomic E-state index is 12.0. The van der Waals surface area contributed by atoms with Gasteiger partial charge < -0.3 is 5.32 Å². The van der Waals surface area contributed by atoms with Gasteiger partial charge in [-0.3, -0.25) is 9.36 Å². The molecule has 1 amide bonds. The van der Waals surface area contributed by atoms with Crippen LogP contribution in [-0.4, -0.2) is 32.0 Å².